The normalized spacial score (nSPS) is 18.5. The number of amidine groups is 1. The number of nitrogens with two attached hydrogens (primary N) is 1. The van der Waals surface area contributed by atoms with Crippen LogP contribution in [-0.4, -0.2) is 24.9 Å². The molecule has 88 valence electrons. The fraction of sp³-hybridized carbons (Fsp3) is 0.182. The summed E-state index contributed by atoms with van der Waals surface area (Å²) in [5.74, 6) is -0.186. The molecule has 0 spiro atoms. The van der Waals surface area contributed by atoms with Crippen molar-refractivity contribution in [2.75, 3.05) is 7.11 Å². The lowest BCUT2D eigenvalue weighted by Gasteiger charge is -2.10. The minimum Gasteiger partial charge on any atom is -0.465 e. The quantitative estimate of drug-likeness (QED) is 0.731. The lowest BCUT2D eigenvalue weighted by Crippen LogP contribution is -2.27. The highest BCUT2D eigenvalue weighted by atomic mass is 16.5. The molecule has 0 saturated heterocycles. The maximum atomic E-state index is 11.2. The van der Waals surface area contributed by atoms with E-state index in [1.165, 1.54) is 7.11 Å². The van der Waals surface area contributed by atoms with Crippen molar-refractivity contribution in [1.82, 2.24) is 5.32 Å². The van der Waals surface area contributed by atoms with Gasteiger partial charge in [0.15, 0.2) is 0 Å². The first-order valence-electron chi connectivity index (χ1n) is 4.94. The Morgan fingerprint density at radius 3 is 2.53 bits per heavy atom. The summed E-state index contributed by atoms with van der Waals surface area (Å²) in [5, 5.41) is 2.60. The summed E-state index contributed by atoms with van der Waals surface area (Å²) in [5.41, 5.74) is 6.81. The van der Waals surface area contributed by atoms with Gasteiger partial charge in [0, 0.05) is 0 Å². The molecule has 2 rings (SSSR count). The van der Waals surface area contributed by atoms with Crippen LogP contribution in [0.1, 0.15) is 22.0 Å². The van der Waals surface area contributed by atoms with E-state index in [1.54, 1.807) is 24.3 Å². The van der Waals surface area contributed by atoms with Gasteiger partial charge >= 0.3 is 12.0 Å². The lowest BCUT2D eigenvalue weighted by molar-refractivity contribution is 0.0600. The fourth-order valence-electron chi connectivity index (χ4n) is 1.60. The van der Waals surface area contributed by atoms with Crippen LogP contribution in [0, 0.1) is 0 Å². The standard InChI is InChI=1S/C11H11N3O3/c1-17-10(15)7-4-2-6(3-5-7)8-9(12)14-11(16)13-8/h2-5,8H,1H3,(H3,12,13,14,16). The third kappa shape index (κ3) is 2.10. The third-order valence-corrected chi connectivity index (χ3v) is 2.46. The predicted octanol–water partition coefficient (Wildman–Crippen LogP) is 0.595. The van der Waals surface area contributed by atoms with Crippen LogP contribution in [-0.2, 0) is 4.74 Å². The van der Waals surface area contributed by atoms with Gasteiger partial charge in [-0.3, -0.25) is 0 Å². The monoisotopic (exact) mass is 233 g/mol. The molecule has 1 aromatic carbocycles. The molecule has 1 aromatic rings. The van der Waals surface area contributed by atoms with Crippen molar-refractivity contribution in [1.29, 1.82) is 0 Å². The van der Waals surface area contributed by atoms with Crippen LogP contribution in [0.2, 0.25) is 0 Å². The Bertz CT molecular complexity index is 493. The Morgan fingerprint density at radius 2 is 2.06 bits per heavy atom. The second-order valence-corrected chi connectivity index (χ2v) is 3.53. The van der Waals surface area contributed by atoms with E-state index in [2.05, 4.69) is 15.0 Å². The molecular weight excluding hydrogens is 222 g/mol. The van der Waals surface area contributed by atoms with E-state index < -0.39 is 18.0 Å². The Morgan fingerprint density at radius 1 is 1.41 bits per heavy atom. The molecule has 1 aliphatic heterocycles. The number of ether oxygens (including phenoxy) is 1. The van der Waals surface area contributed by atoms with E-state index in [-0.39, 0.29) is 5.84 Å². The van der Waals surface area contributed by atoms with Gasteiger partial charge in [-0.25, -0.2) is 9.59 Å². The number of nitrogens with zero attached hydrogens (tertiary/aromatic N) is 1. The first-order valence-corrected chi connectivity index (χ1v) is 4.94. The second-order valence-electron chi connectivity index (χ2n) is 3.53. The number of nitrogens with one attached hydrogen (secondary N) is 1. The maximum absolute atomic E-state index is 11.2. The molecule has 0 aliphatic carbocycles. The highest BCUT2D eigenvalue weighted by molar-refractivity contribution is 6.03. The zero-order chi connectivity index (χ0) is 12.4. The number of esters is 1. The zero-order valence-corrected chi connectivity index (χ0v) is 9.14. The van der Waals surface area contributed by atoms with Crippen molar-refractivity contribution in [2.45, 2.75) is 6.04 Å². The van der Waals surface area contributed by atoms with Crippen molar-refractivity contribution in [3.8, 4) is 0 Å². The van der Waals surface area contributed by atoms with Crippen LogP contribution in [0.25, 0.3) is 0 Å². The van der Waals surface area contributed by atoms with Crippen molar-refractivity contribution < 1.29 is 14.3 Å². The van der Waals surface area contributed by atoms with Gasteiger partial charge < -0.3 is 15.8 Å². The average molecular weight is 233 g/mol. The molecule has 17 heavy (non-hydrogen) atoms. The number of rotatable bonds is 2. The van der Waals surface area contributed by atoms with Gasteiger partial charge in [-0.15, -0.1) is 0 Å². The van der Waals surface area contributed by atoms with Crippen LogP contribution >= 0.6 is 0 Å². The molecule has 6 heteroatoms. The van der Waals surface area contributed by atoms with Crippen molar-refractivity contribution >= 4 is 17.8 Å². The van der Waals surface area contributed by atoms with E-state index >= 15 is 0 Å². The Labute approximate surface area is 97.5 Å². The van der Waals surface area contributed by atoms with Crippen molar-refractivity contribution in [3.05, 3.63) is 35.4 Å². The summed E-state index contributed by atoms with van der Waals surface area (Å²) in [6.07, 6.45) is 0. The number of benzene rings is 1. The largest absolute Gasteiger partial charge is 0.465 e. The highest BCUT2D eigenvalue weighted by Gasteiger charge is 2.24. The molecule has 0 bridgehead atoms. The van der Waals surface area contributed by atoms with E-state index in [0.29, 0.717) is 5.56 Å². The van der Waals surface area contributed by atoms with Crippen LogP contribution < -0.4 is 11.1 Å². The SMILES string of the molecule is COC(=O)c1ccc(C2NC(=O)N=C2N)cc1. The number of hydrogen-bond acceptors (Lipinski definition) is 4. The summed E-state index contributed by atoms with van der Waals surface area (Å²) in [6.45, 7) is 0. The molecule has 6 nitrogen and oxygen atoms in total. The maximum Gasteiger partial charge on any atom is 0.343 e. The van der Waals surface area contributed by atoms with E-state index in [0.717, 1.165) is 5.56 Å². The van der Waals surface area contributed by atoms with Crippen LogP contribution in [0.3, 0.4) is 0 Å². The molecule has 1 aliphatic rings. The van der Waals surface area contributed by atoms with Crippen molar-refractivity contribution in [2.24, 2.45) is 10.7 Å². The minimum atomic E-state index is -0.454. The number of hydrogen-bond donors (Lipinski definition) is 2. The molecule has 1 heterocycles. The Hall–Kier alpha value is -2.37. The molecule has 0 radical (unpaired) electrons. The molecule has 2 amide bonds. The van der Waals surface area contributed by atoms with Crippen molar-refractivity contribution in [3.63, 3.8) is 0 Å². The van der Waals surface area contributed by atoms with Gasteiger partial charge in [0.25, 0.3) is 0 Å². The summed E-state index contributed by atoms with van der Waals surface area (Å²) >= 11 is 0. The first kappa shape index (κ1) is 11.1. The molecular formula is C11H11N3O3. The van der Waals surface area contributed by atoms with Crippen LogP contribution in [0.15, 0.2) is 29.3 Å². The van der Waals surface area contributed by atoms with Gasteiger partial charge in [-0.05, 0) is 17.7 Å². The molecule has 0 fully saturated rings. The summed E-state index contributed by atoms with van der Waals surface area (Å²) in [7, 11) is 1.32. The van der Waals surface area contributed by atoms with Crippen LogP contribution in [0.5, 0.6) is 0 Å². The predicted molar refractivity (Wildman–Crippen MR) is 60.7 cm³/mol. The summed E-state index contributed by atoms with van der Waals surface area (Å²) in [6, 6.07) is 5.74. The smallest absolute Gasteiger partial charge is 0.343 e. The number of carbonyl (C=O) groups excluding carboxylic acids is 2. The highest BCUT2D eigenvalue weighted by Crippen LogP contribution is 2.18. The Balaban J connectivity index is 2.22. The van der Waals surface area contributed by atoms with Gasteiger partial charge in [0.1, 0.15) is 11.9 Å². The van der Waals surface area contributed by atoms with Crippen LogP contribution in [0.4, 0.5) is 4.79 Å². The number of methoxy groups -OCH3 is 1. The number of amides is 2. The van der Waals surface area contributed by atoms with Gasteiger partial charge in [-0.2, -0.15) is 4.99 Å². The average Bonchev–Trinajstić information content (AvgIpc) is 2.68. The fourth-order valence-corrected chi connectivity index (χ4v) is 1.60. The van der Waals surface area contributed by atoms with E-state index in [4.69, 9.17) is 5.73 Å². The zero-order valence-electron chi connectivity index (χ0n) is 9.14. The van der Waals surface area contributed by atoms with E-state index in [9.17, 15) is 9.59 Å². The van der Waals surface area contributed by atoms with Gasteiger partial charge in [0.2, 0.25) is 0 Å². The second kappa shape index (κ2) is 4.25. The lowest BCUT2D eigenvalue weighted by atomic mass is 10.0. The molecule has 1 unspecified atom stereocenters. The molecule has 0 saturated carbocycles. The minimum absolute atomic E-state index is 0.223. The van der Waals surface area contributed by atoms with E-state index in [1.807, 2.05) is 0 Å². The third-order valence-electron chi connectivity index (χ3n) is 2.46. The summed E-state index contributed by atoms with van der Waals surface area (Å²) < 4.78 is 4.58. The summed E-state index contributed by atoms with van der Waals surface area (Å²) in [4.78, 5) is 25.8. The molecule has 1 atom stereocenters. The molecule has 3 N–H and O–H groups in total. The number of urea groups is 1. The first-order chi connectivity index (χ1) is 8.11. The van der Waals surface area contributed by atoms with Gasteiger partial charge in [-0.1, -0.05) is 12.1 Å². The number of aliphatic imine (C=N–C) groups is 1. The molecule has 0 aromatic heterocycles. The Kier molecular flexibility index (Phi) is 2.78. The van der Waals surface area contributed by atoms with Gasteiger partial charge in [0.05, 0.1) is 12.7 Å². The number of carbonyl (C=O) groups is 2. The topological polar surface area (TPSA) is 93.8 Å².